The van der Waals surface area contributed by atoms with Crippen LogP contribution in [0.4, 0.5) is 5.69 Å². The summed E-state index contributed by atoms with van der Waals surface area (Å²) in [6.45, 7) is 8.01. The zero-order valence-electron chi connectivity index (χ0n) is 12.2. The number of hydrogen-bond acceptors (Lipinski definition) is 1. The molecule has 100 valence electrons. The van der Waals surface area contributed by atoms with Crippen LogP contribution in [-0.2, 0) is 7.05 Å². The second-order valence-corrected chi connectivity index (χ2v) is 5.12. The second-order valence-electron chi connectivity index (χ2n) is 5.12. The molecule has 1 heterocycles. The molecule has 0 radical (unpaired) electrons. The number of aromatic nitrogens is 1. The van der Waals surface area contributed by atoms with Crippen molar-refractivity contribution in [3.05, 3.63) is 52.3 Å². The summed E-state index contributed by atoms with van der Waals surface area (Å²) in [6, 6.07) is 7.95. The third-order valence-corrected chi connectivity index (χ3v) is 3.65. The Kier molecular flexibility index (Phi) is 3.47. The fourth-order valence-electron chi connectivity index (χ4n) is 2.23. The van der Waals surface area contributed by atoms with Crippen LogP contribution < -0.4 is 5.32 Å². The second kappa shape index (κ2) is 4.92. The van der Waals surface area contributed by atoms with Gasteiger partial charge in [-0.1, -0.05) is 17.7 Å². The summed E-state index contributed by atoms with van der Waals surface area (Å²) in [5.41, 5.74) is 5.96. The lowest BCUT2D eigenvalue weighted by atomic mass is 10.1. The number of rotatable bonds is 2. The van der Waals surface area contributed by atoms with Crippen LogP contribution in [0.2, 0.25) is 0 Å². The molecule has 2 aromatic rings. The van der Waals surface area contributed by atoms with E-state index in [2.05, 4.69) is 11.4 Å². The van der Waals surface area contributed by atoms with E-state index in [0.717, 1.165) is 28.2 Å². The van der Waals surface area contributed by atoms with Gasteiger partial charge < -0.3 is 9.88 Å². The Morgan fingerprint density at radius 2 is 1.79 bits per heavy atom. The van der Waals surface area contributed by atoms with Gasteiger partial charge in [-0.3, -0.25) is 4.79 Å². The minimum Gasteiger partial charge on any atom is -0.351 e. The third kappa shape index (κ3) is 2.55. The van der Waals surface area contributed by atoms with E-state index in [4.69, 9.17) is 0 Å². The predicted octanol–water partition coefficient (Wildman–Crippen LogP) is 3.51. The van der Waals surface area contributed by atoms with E-state index < -0.39 is 0 Å². The SMILES string of the molecule is Cc1ccc(NC(=O)c2cc(C)n(C)c2C)c(C)c1. The van der Waals surface area contributed by atoms with Crippen LogP contribution in [-0.4, -0.2) is 10.5 Å². The minimum absolute atomic E-state index is 0.0480. The number of carbonyl (C=O) groups excluding carboxylic acids is 1. The monoisotopic (exact) mass is 256 g/mol. The third-order valence-electron chi connectivity index (χ3n) is 3.65. The minimum atomic E-state index is -0.0480. The molecular weight excluding hydrogens is 236 g/mol. The lowest BCUT2D eigenvalue weighted by Crippen LogP contribution is -2.13. The van der Waals surface area contributed by atoms with E-state index in [-0.39, 0.29) is 5.91 Å². The van der Waals surface area contributed by atoms with Crippen molar-refractivity contribution in [1.82, 2.24) is 4.57 Å². The zero-order valence-corrected chi connectivity index (χ0v) is 12.2. The average molecular weight is 256 g/mol. The zero-order chi connectivity index (χ0) is 14.2. The Hall–Kier alpha value is -2.03. The van der Waals surface area contributed by atoms with Crippen molar-refractivity contribution < 1.29 is 4.79 Å². The molecule has 0 bridgehead atoms. The van der Waals surface area contributed by atoms with E-state index >= 15 is 0 Å². The average Bonchev–Trinajstić information content (AvgIpc) is 2.60. The number of carbonyl (C=O) groups is 1. The van der Waals surface area contributed by atoms with Gasteiger partial charge in [-0.05, 0) is 45.4 Å². The molecule has 0 aliphatic heterocycles. The van der Waals surface area contributed by atoms with Crippen LogP contribution in [0.5, 0.6) is 0 Å². The molecule has 0 fully saturated rings. The molecule has 1 amide bonds. The highest BCUT2D eigenvalue weighted by Gasteiger charge is 2.14. The van der Waals surface area contributed by atoms with Crippen LogP contribution in [0, 0.1) is 27.7 Å². The number of nitrogens with zero attached hydrogens (tertiary/aromatic N) is 1. The van der Waals surface area contributed by atoms with Gasteiger partial charge in [0.2, 0.25) is 0 Å². The van der Waals surface area contributed by atoms with Gasteiger partial charge in [0.25, 0.3) is 5.91 Å². The van der Waals surface area contributed by atoms with Crippen molar-refractivity contribution in [3.63, 3.8) is 0 Å². The lowest BCUT2D eigenvalue weighted by molar-refractivity contribution is 0.102. The van der Waals surface area contributed by atoms with Gasteiger partial charge in [0.05, 0.1) is 5.56 Å². The van der Waals surface area contributed by atoms with Gasteiger partial charge >= 0.3 is 0 Å². The molecule has 0 aliphatic carbocycles. The first-order valence-electron chi connectivity index (χ1n) is 6.41. The van der Waals surface area contributed by atoms with Crippen LogP contribution in [0.1, 0.15) is 32.9 Å². The fraction of sp³-hybridized carbons (Fsp3) is 0.312. The van der Waals surface area contributed by atoms with Gasteiger partial charge in [0.1, 0.15) is 0 Å². The summed E-state index contributed by atoms with van der Waals surface area (Å²) in [4.78, 5) is 12.3. The van der Waals surface area contributed by atoms with Crippen molar-refractivity contribution in [2.24, 2.45) is 7.05 Å². The quantitative estimate of drug-likeness (QED) is 0.876. The molecule has 0 saturated heterocycles. The van der Waals surface area contributed by atoms with Gasteiger partial charge in [0, 0.05) is 24.1 Å². The number of amides is 1. The maximum absolute atomic E-state index is 12.3. The molecule has 0 spiro atoms. The Balaban J connectivity index is 2.28. The molecule has 0 unspecified atom stereocenters. The first-order valence-corrected chi connectivity index (χ1v) is 6.41. The van der Waals surface area contributed by atoms with Gasteiger partial charge in [-0.15, -0.1) is 0 Å². The molecule has 0 saturated carbocycles. The van der Waals surface area contributed by atoms with E-state index in [0.29, 0.717) is 0 Å². The van der Waals surface area contributed by atoms with Crippen LogP contribution in [0.25, 0.3) is 0 Å². The van der Waals surface area contributed by atoms with Crippen molar-refractivity contribution in [3.8, 4) is 0 Å². The Bertz CT molecular complexity index is 638. The van der Waals surface area contributed by atoms with E-state index in [1.165, 1.54) is 5.56 Å². The van der Waals surface area contributed by atoms with E-state index in [1.807, 2.05) is 57.5 Å². The van der Waals surface area contributed by atoms with Crippen LogP contribution in [0.3, 0.4) is 0 Å². The van der Waals surface area contributed by atoms with Crippen molar-refractivity contribution >= 4 is 11.6 Å². The molecule has 0 aliphatic rings. The lowest BCUT2D eigenvalue weighted by Gasteiger charge is -2.09. The molecule has 0 atom stereocenters. The number of aryl methyl sites for hydroxylation is 3. The molecule has 3 heteroatoms. The number of hydrogen-bond donors (Lipinski definition) is 1. The maximum Gasteiger partial charge on any atom is 0.257 e. The maximum atomic E-state index is 12.3. The highest BCUT2D eigenvalue weighted by molar-refractivity contribution is 6.05. The van der Waals surface area contributed by atoms with Gasteiger partial charge in [-0.2, -0.15) is 0 Å². The van der Waals surface area contributed by atoms with Crippen LogP contribution in [0.15, 0.2) is 24.3 Å². The van der Waals surface area contributed by atoms with Crippen LogP contribution >= 0.6 is 0 Å². The summed E-state index contributed by atoms with van der Waals surface area (Å²) in [5, 5.41) is 2.98. The smallest absolute Gasteiger partial charge is 0.257 e. The number of benzene rings is 1. The largest absolute Gasteiger partial charge is 0.351 e. The van der Waals surface area contributed by atoms with Gasteiger partial charge in [0.15, 0.2) is 0 Å². The molecule has 2 rings (SSSR count). The first kappa shape index (κ1) is 13.4. The topological polar surface area (TPSA) is 34.0 Å². The molecule has 1 N–H and O–H groups in total. The molecule has 1 aromatic carbocycles. The molecule has 19 heavy (non-hydrogen) atoms. The predicted molar refractivity (Wildman–Crippen MR) is 78.8 cm³/mol. The molecular formula is C16H20N2O. The van der Waals surface area contributed by atoms with E-state index in [1.54, 1.807) is 0 Å². The summed E-state index contributed by atoms with van der Waals surface area (Å²) < 4.78 is 2.02. The summed E-state index contributed by atoms with van der Waals surface area (Å²) in [6.07, 6.45) is 0. The standard InChI is InChI=1S/C16H20N2O/c1-10-6-7-15(11(2)8-10)17-16(19)14-9-12(3)18(5)13(14)4/h6-9H,1-5H3,(H,17,19). The fourth-order valence-corrected chi connectivity index (χ4v) is 2.23. The molecule has 1 aromatic heterocycles. The van der Waals surface area contributed by atoms with Crippen molar-refractivity contribution in [1.29, 1.82) is 0 Å². The summed E-state index contributed by atoms with van der Waals surface area (Å²) >= 11 is 0. The van der Waals surface area contributed by atoms with Gasteiger partial charge in [-0.25, -0.2) is 0 Å². The number of nitrogens with one attached hydrogen (secondary N) is 1. The normalized spacial score (nSPS) is 10.6. The Morgan fingerprint density at radius 3 is 2.32 bits per heavy atom. The highest BCUT2D eigenvalue weighted by atomic mass is 16.1. The first-order chi connectivity index (χ1) is 8.90. The summed E-state index contributed by atoms with van der Waals surface area (Å²) in [5.74, 6) is -0.0480. The van der Waals surface area contributed by atoms with Crippen molar-refractivity contribution in [2.75, 3.05) is 5.32 Å². The van der Waals surface area contributed by atoms with Crippen molar-refractivity contribution in [2.45, 2.75) is 27.7 Å². The Morgan fingerprint density at radius 1 is 1.11 bits per heavy atom. The van der Waals surface area contributed by atoms with E-state index in [9.17, 15) is 4.79 Å². The summed E-state index contributed by atoms with van der Waals surface area (Å²) in [7, 11) is 1.97. The highest BCUT2D eigenvalue weighted by Crippen LogP contribution is 2.19. The molecule has 3 nitrogen and oxygen atoms in total. The number of anilines is 1. The Labute approximate surface area is 114 Å².